The number of nitrogens with zero attached hydrogens (tertiary/aromatic N) is 2. The van der Waals surface area contributed by atoms with Gasteiger partial charge in [-0.25, -0.2) is 9.97 Å². The van der Waals surface area contributed by atoms with Gasteiger partial charge in [-0.3, -0.25) is 0 Å². The van der Waals surface area contributed by atoms with Gasteiger partial charge in [0.25, 0.3) is 0 Å². The van der Waals surface area contributed by atoms with Gasteiger partial charge in [-0.2, -0.15) is 0 Å². The molecule has 2 heterocycles. The van der Waals surface area contributed by atoms with Gasteiger partial charge in [0.2, 0.25) is 0 Å². The molecule has 0 atom stereocenters. The highest BCUT2D eigenvalue weighted by atomic mass is 16.3. The second kappa shape index (κ2) is 9.79. The van der Waals surface area contributed by atoms with Crippen LogP contribution in [-0.4, -0.2) is 9.97 Å². The maximum atomic E-state index is 6.13. The van der Waals surface area contributed by atoms with E-state index < -0.39 is 0 Å². The molecule has 190 valence electrons. The number of aromatic nitrogens is 2. The Labute approximate surface area is 232 Å². The first-order valence-corrected chi connectivity index (χ1v) is 13.4. The van der Waals surface area contributed by atoms with E-state index in [4.69, 9.17) is 14.4 Å². The molecular formula is C37H26N2O. The molecule has 5 aromatic carbocycles. The summed E-state index contributed by atoms with van der Waals surface area (Å²) in [7, 11) is 0. The Morgan fingerprint density at radius 3 is 2.17 bits per heavy atom. The summed E-state index contributed by atoms with van der Waals surface area (Å²) in [6.45, 7) is 6.39. The molecule has 0 spiro atoms. The summed E-state index contributed by atoms with van der Waals surface area (Å²) in [4.78, 5) is 10.0. The van der Waals surface area contributed by atoms with Gasteiger partial charge >= 0.3 is 0 Å². The molecule has 3 nitrogen and oxygen atoms in total. The van der Waals surface area contributed by atoms with Crippen molar-refractivity contribution in [2.45, 2.75) is 6.92 Å². The number of aryl methyl sites for hydroxylation is 1. The van der Waals surface area contributed by atoms with Crippen LogP contribution in [0.25, 0.3) is 68.3 Å². The highest BCUT2D eigenvalue weighted by Gasteiger charge is 2.12. The zero-order chi connectivity index (χ0) is 27.1. The van der Waals surface area contributed by atoms with E-state index in [0.29, 0.717) is 5.82 Å². The number of hydrogen-bond acceptors (Lipinski definition) is 3. The van der Waals surface area contributed by atoms with Crippen molar-refractivity contribution in [3.63, 3.8) is 0 Å². The minimum atomic E-state index is 0.710. The highest BCUT2D eigenvalue weighted by Crippen LogP contribution is 2.31. The lowest BCUT2D eigenvalue weighted by Gasteiger charge is -2.11. The number of fused-ring (bicyclic) bond motifs is 2. The molecule has 0 aliphatic carbocycles. The molecule has 0 aliphatic heterocycles. The third-order valence-electron chi connectivity index (χ3n) is 7.40. The second-order valence-corrected chi connectivity index (χ2v) is 10.0. The summed E-state index contributed by atoms with van der Waals surface area (Å²) >= 11 is 0. The first kappa shape index (κ1) is 23.8. The average Bonchev–Trinajstić information content (AvgIpc) is 3.33. The van der Waals surface area contributed by atoms with Crippen LogP contribution in [-0.2, 0) is 0 Å². The normalized spacial score (nSPS) is 11.9. The standard InChI is InChI=1S/C37H26N2O/c1-24-19-20-28(22-30(24)23-35-25(2)31-15-7-9-18-34(31)40-35)27-13-10-14-29(21-27)37-38-33-17-8-6-16-32(33)36(39-37)26-11-4-3-5-12-26/h3-23H,2H2,1H3/b35-23+. The van der Waals surface area contributed by atoms with Crippen LogP contribution in [0.3, 0.4) is 0 Å². The van der Waals surface area contributed by atoms with Crippen LogP contribution in [0.5, 0.6) is 0 Å². The molecule has 0 radical (unpaired) electrons. The predicted molar refractivity (Wildman–Crippen MR) is 165 cm³/mol. The fourth-order valence-corrected chi connectivity index (χ4v) is 5.21. The average molecular weight is 515 g/mol. The first-order chi connectivity index (χ1) is 19.6. The number of furan rings is 1. The first-order valence-electron chi connectivity index (χ1n) is 13.4. The van der Waals surface area contributed by atoms with Crippen molar-refractivity contribution in [2.75, 3.05) is 0 Å². The van der Waals surface area contributed by atoms with Crippen molar-refractivity contribution in [1.29, 1.82) is 0 Å². The fraction of sp³-hybridized carbons (Fsp3) is 0.0270. The number of para-hydroxylation sites is 2. The number of benzene rings is 5. The summed E-state index contributed by atoms with van der Waals surface area (Å²) in [5.74, 6) is 0.710. The van der Waals surface area contributed by atoms with Gasteiger partial charge < -0.3 is 4.42 Å². The SMILES string of the molecule is C=c1/c(=C\c2cc(-c3cccc(-c4nc(-c5ccccc5)c5ccccc5n4)c3)ccc2C)oc2ccccc12. The fourth-order valence-electron chi connectivity index (χ4n) is 5.21. The summed E-state index contributed by atoms with van der Waals surface area (Å²) in [5.41, 5.74) is 10.0. The Hall–Kier alpha value is -5.28. The zero-order valence-electron chi connectivity index (χ0n) is 22.1. The van der Waals surface area contributed by atoms with Crippen molar-refractivity contribution in [2.24, 2.45) is 0 Å². The lowest BCUT2D eigenvalue weighted by atomic mass is 9.98. The summed E-state index contributed by atoms with van der Waals surface area (Å²) in [5, 5.41) is 2.99. The molecule has 0 amide bonds. The second-order valence-electron chi connectivity index (χ2n) is 10.0. The van der Waals surface area contributed by atoms with Gasteiger partial charge in [0.15, 0.2) is 5.82 Å². The Bertz CT molecular complexity index is 2140. The van der Waals surface area contributed by atoms with Gasteiger partial charge in [0.1, 0.15) is 11.0 Å². The lowest BCUT2D eigenvalue weighted by Crippen LogP contribution is -2.18. The third kappa shape index (κ3) is 4.28. The largest absolute Gasteiger partial charge is 0.456 e. The van der Waals surface area contributed by atoms with Crippen molar-refractivity contribution in [3.05, 3.63) is 143 Å². The van der Waals surface area contributed by atoms with E-state index in [-0.39, 0.29) is 0 Å². The number of rotatable bonds is 4. The quantitative estimate of drug-likeness (QED) is 0.239. The van der Waals surface area contributed by atoms with Crippen molar-refractivity contribution < 1.29 is 4.42 Å². The Kier molecular flexibility index (Phi) is 5.83. The van der Waals surface area contributed by atoms with E-state index in [1.165, 1.54) is 5.56 Å². The molecule has 7 rings (SSSR count). The van der Waals surface area contributed by atoms with Crippen LogP contribution in [0.1, 0.15) is 11.1 Å². The molecule has 7 aromatic rings. The van der Waals surface area contributed by atoms with Gasteiger partial charge in [0, 0.05) is 27.1 Å². The minimum absolute atomic E-state index is 0.710. The molecular weight excluding hydrogens is 488 g/mol. The molecule has 0 N–H and O–H groups in total. The van der Waals surface area contributed by atoms with Crippen LogP contribution in [0.2, 0.25) is 0 Å². The van der Waals surface area contributed by atoms with Gasteiger partial charge in [0.05, 0.1) is 11.2 Å². The molecule has 3 heteroatoms. The molecule has 2 aromatic heterocycles. The van der Waals surface area contributed by atoms with E-state index in [2.05, 4.69) is 80.2 Å². The molecule has 40 heavy (non-hydrogen) atoms. The number of hydrogen-bond donors (Lipinski definition) is 0. The van der Waals surface area contributed by atoms with Crippen LogP contribution < -0.4 is 10.6 Å². The van der Waals surface area contributed by atoms with Gasteiger partial charge in [-0.05, 0) is 59.5 Å². The Morgan fingerprint density at radius 1 is 0.625 bits per heavy atom. The van der Waals surface area contributed by atoms with Gasteiger partial charge in [-0.1, -0.05) is 104 Å². The summed E-state index contributed by atoms with van der Waals surface area (Å²) < 4.78 is 6.13. The molecule has 0 bridgehead atoms. The van der Waals surface area contributed by atoms with E-state index in [1.807, 2.05) is 60.7 Å². The van der Waals surface area contributed by atoms with Crippen molar-refractivity contribution in [3.8, 4) is 33.8 Å². The van der Waals surface area contributed by atoms with E-state index >= 15 is 0 Å². The predicted octanol–water partition coefficient (Wildman–Crippen LogP) is 7.92. The molecule has 0 fully saturated rings. The van der Waals surface area contributed by atoms with E-state index in [1.54, 1.807) is 0 Å². The highest BCUT2D eigenvalue weighted by molar-refractivity contribution is 5.93. The summed E-state index contributed by atoms with van der Waals surface area (Å²) in [6, 6.07) is 41.5. The van der Waals surface area contributed by atoms with Gasteiger partial charge in [-0.15, -0.1) is 0 Å². The smallest absolute Gasteiger partial charge is 0.160 e. The van der Waals surface area contributed by atoms with Crippen molar-refractivity contribution >= 4 is 34.5 Å². The zero-order valence-corrected chi connectivity index (χ0v) is 22.1. The third-order valence-corrected chi connectivity index (χ3v) is 7.40. The Morgan fingerprint density at radius 2 is 1.32 bits per heavy atom. The van der Waals surface area contributed by atoms with Crippen molar-refractivity contribution in [1.82, 2.24) is 9.97 Å². The lowest BCUT2D eigenvalue weighted by molar-refractivity contribution is 0.575. The maximum absolute atomic E-state index is 6.13. The van der Waals surface area contributed by atoms with E-state index in [9.17, 15) is 0 Å². The van der Waals surface area contributed by atoms with Crippen LogP contribution in [0.4, 0.5) is 0 Å². The minimum Gasteiger partial charge on any atom is -0.456 e. The van der Waals surface area contributed by atoms with Crippen LogP contribution in [0, 0.1) is 6.92 Å². The van der Waals surface area contributed by atoms with E-state index in [0.717, 1.165) is 66.0 Å². The maximum Gasteiger partial charge on any atom is 0.160 e. The molecule has 0 aliphatic rings. The summed E-state index contributed by atoms with van der Waals surface area (Å²) in [6.07, 6.45) is 2.09. The Balaban J connectivity index is 1.33. The monoisotopic (exact) mass is 514 g/mol. The van der Waals surface area contributed by atoms with Crippen LogP contribution >= 0.6 is 0 Å². The van der Waals surface area contributed by atoms with Crippen LogP contribution in [0.15, 0.2) is 126 Å². The molecule has 0 saturated carbocycles. The molecule has 0 unspecified atom stereocenters. The topological polar surface area (TPSA) is 38.9 Å². The molecule has 0 saturated heterocycles.